The average molecular weight is 614 g/mol. The van der Waals surface area contributed by atoms with E-state index in [0.717, 1.165) is 24.8 Å². The van der Waals surface area contributed by atoms with Crippen LogP contribution in [0, 0.1) is 5.92 Å². The van der Waals surface area contributed by atoms with Crippen LogP contribution in [0.25, 0.3) is 16.9 Å². The topological polar surface area (TPSA) is 85.9 Å². The lowest BCUT2D eigenvalue weighted by Crippen LogP contribution is -2.45. The molecule has 1 aliphatic rings. The van der Waals surface area contributed by atoms with Gasteiger partial charge in [0.05, 0.1) is 23.9 Å². The Balaban J connectivity index is 1.27. The summed E-state index contributed by atoms with van der Waals surface area (Å²) in [5.41, 5.74) is 3.56. The Hall–Kier alpha value is -4.27. The predicted molar refractivity (Wildman–Crippen MR) is 168 cm³/mol. The molecule has 1 atom stereocenters. The number of hydrogen-bond donors (Lipinski definition) is 0. The molecule has 1 unspecified atom stereocenters. The third kappa shape index (κ3) is 6.71. The second kappa shape index (κ2) is 12.9. The van der Waals surface area contributed by atoms with E-state index in [2.05, 4.69) is 39.6 Å². The number of rotatable bonds is 8. The molecule has 0 radical (unpaired) electrons. The monoisotopic (exact) mass is 612 g/mol. The van der Waals surface area contributed by atoms with Gasteiger partial charge in [-0.3, -0.25) is 14.2 Å². The highest BCUT2D eigenvalue weighted by Gasteiger charge is 2.30. The normalized spacial score (nSPS) is 14.5. The van der Waals surface area contributed by atoms with Crippen LogP contribution in [-0.2, 0) is 17.6 Å². The van der Waals surface area contributed by atoms with Gasteiger partial charge in [-0.05, 0) is 54.5 Å². The summed E-state index contributed by atoms with van der Waals surface area (Å²) in [6, 6.07) is 26.1. The molecule has 8 nitrogen and oxygen atoms in total. The summed E-state index contributed by atoms with van der Waals surface area (Å²) in [5.74, 6) is 0.453. The minimum Gasteiger partial charge on any atom is -0.341 e. The van der Waals surface area contributed by atoms with E-state index in [1.54, 1.807) is 24.4 Å². The number of nitrogens with zero attached hydrogens (tertiary/aromatic N) is 6. The van der Waals surface area contributed by atoms with Crippen molar-refractivity contribution >= 4 is 29.1 Å². The zero-order valence-corrected chi connectivity index (χ0v) is 24.9. The van der Waals surface area contributed by atoms with Crippen molar-refractivity contribution in [1.29, 1.82) is 0 Å². The summed E-state index contributed by atoms with van der Waals surface area (Å²) in [6.07, 6.45) is 6.26. The van der Waals surface area contributed by atoms with Gasteiger partial charge >= 0.3 is 0 Å². The van der Waals surface area contributed by atoms with E-state index in [4.69, 9.17) is 23.2 Å². The summed E-state index contributed by atoms with van der Waals surface area (Å²) in [4.78, 5) is 34.3. The highest BCUT2D eigenvalue weighted by atomic mass is 35.5. The van der Waals surface area contributed by atoms with Crippen molar-refractivity contribution < 1.29 is 4.79 Å². The fourth-order valence-corrected chi connectivity index (χ4v) is 6.02. The number of amides is 1. The Bertz CT molecular complexity index is 1770. The fourth-order valence-electron chi connectivity index (χ4n) is 5.72. The van der Waals surface area contributed by atoms with Crippen LogP contribution in [-0.4, -0.2) is 48.4 Å². The van der Waals surface area contributed by atoms with Crippen LogP contribution in [0.3, 0.4) is 0 Å². The van der Waals surface area contributed by atoms with Gasteiger partial charge in [-0.1, -0.05) is 89.1 Å². The molecule has 10 heteroatoms. The number of piperidine rings is 1. The molecule has 1 fully saturated rings. The molecule has 43 heavy (non-hydrogen) atoms. The first-order valence-electron chi connectivity index (χ1n) is 14.3. The van der Waals surface area contributed by atoms with E-state index in [1.807, 2.05) is 41.3 Å². The van der Waals surface area contributed by atoms with Crippen molar-refractivity contribution in [3.8, 4) is 16.9 Å². The molecule has 2 aromatic heterocycles. The Kier molecular flexibility index (Phi) is 8.67. The van der Waals surface area contributed by atoms with E-state index >= 15 is 0 Å². The molecule has 1 aliphatic heterocycles. The molecule has 0 saturated carbocycles. The molecule has 0 bridgehead atoms. The minimum absolute atomic E-state index is 0.0700. The standard InChI is InChI=1S/C33H30Cl2N6O2/c34-26-11-12-29(41-21-31(35)37-38-41)27(19-26)28-20-32(42)40(22-36-28)30(18-24-9-5-2-6-10-24)33(43)39-15-13-25(14-16-39)17-23-7-3-1-4-8-23/h1-12,19-22,25,30H,13-18H2. The van der Waals surface area contributed by atoms with Gasteiger partial charge in [0.25, 0.3) is 5.56 Å². The SMILES string of the molecule is O=C(C(Cc1ccccc1)n1cnc(-c2cc(Cl)ccc2-n2cc(Cl)nn2)cc1=O)N1CCC(Cc2ccccc2)CC1. The number of aromatic nitrogens is 5. The van der Waals surface area contributed by atoms with Crippen molar-refractivity contribution in [2.45, 2.75) is 31.7 Å². The number of halogens is 2. The number of carbonyl (C=O) groups is 1. The zero-order chi connectivity index (χ0) is 29.8. The van der Waals surface area contributed by atoms with Gasteiger partial charge in [-0.25, -0.2) is 9.67 Å². The van der Waals surface area contributed by atoms with Gasteiger partial charge in [-0.2, -0.15) is 0 Å². The van der Waals surface area contributed by atoms with Crippen LogP contribution < -0.4 is 5.56 Å². The largest absolute Gasteiger partial charge is 0.341 e. The van der Waals surface area contributed by atoms with Crippen molar-refractivity contribution in [3.05, 3.63) is 129 Å². The summed E-state index contributed by atoms with van der Waals surface area (Å²) in [7, 11) is 0. The Morgan fingerprint density at radius 2 is 1.60 bits per heavy atom. The smallest absolute Gasteiger partial charge is 0.254 e. The number of hydrogen-bond acceptors (Lipinski definition) is 5. The quantitative estimate of drug-likeness (QED) is 0.212. The maximum Gasteiger partial charge on any atom is 0.254 e. The minimum atomic E-state index is -0.727. The molecule has 1 amide bonds. The van der Waals surface area contributed by atoms with E-state index < -0.39 is 6.04 Å². The van der Waals surface area contributed by atoms with Gasteiger partial charge in [0.1, 0.15) is 6.04 Å². The summed E-state index contributed by atoms with van der Waals surface area (Å²) >= 11 is 12.3. The molecule has 0 spiro atoms. The molecule has 5 aromatic rings. The Morgan fingerprint density at radius 1 is 0.907 bits per heavy atom. The third-order valence-electron chi connectivity index (χ3n) is 7.97. The zero-order valence-electron chi connectivity index (χ0n) is 23.4. The van der Waals surface area contributed by atoms with Gasteiger partial charge in [0.2, 0.25) is 5.91 Å². The van der Waals surface area contributed by atoms with Crippen LogP contribution in [0.2, 0.25) is 10.2 Å². The van der Waals surface area contributed by atoms with E-state index in [1.165, 1.54) is 27.2 Å². The van der Waals surface area contributed by atoms with Gasteiger partial charge < -0.3 is 4.90 Å². The average Bonchev–Trinajstić information content (AvgIpc) is 3.47. The molecular formula is C33H30Cl2N6O2. The second-order valence-electron chi connectivity index (χ2n) is 10.8. The van der Waals surface area contributed by atoms with E-state index in [0.29, 0.717) is 47.4 Å². The molecular weight excluding hydrogens is 583 g/mol. The second-order valence-corrected chi connectivity index (χ2v) is 11.7. The molecule has 3 heterocycles. The maximum atomic E-state index is 14.1. The van der Waals surface area contributed by atoms with E-state index in [9.17, 15) is 9.59 Å². The first-order valence-corrected chi connectivity index (χ1v) is 15.0. The molecule has 0 aliphatic carbocycles. The van der Waals surface area contributed by atoms with Crippen molar-refractivity contribution in [3.63, 3.8) is 0 Å². The van der Waals surface area contributed by atoms with Gasteiger partial charge in [0.15, 0.2) is 5.15 Å². The first-order chi connectivity index (χ1) is 20.9. The van der Waals surface area contributed by atoms with Crippen molar-refractivity contribution in [1.82, 2.24) is 29.4 Å². The number of likely N-dealkylation sites (tertiary alicyclic amines) is 1. The van der Waals surface area contributed by atoms with Crippen LogP contribution in [0.4, 0.5) is 0 Å². The fraction of sp³-hybridized carbons (Fsp3) is 0.242. The number of benzene rings is 3. The molecule has 218 valence electrons. The van der Waals surface area contributed by atoms with Crippen LogP contribution >= 0.6 is 23.2 Å². The Morgan fingerprint density at radius 3 is 2.26 bits per heavy atom. The highest BCUT2D eigenvalue weighted by Crippen LogP contribution is 2.29. The van der Waals surface area contributed by atoms with Crippen molar-refractivity contribution in [2.75, 3.05) is 13.1 Å². The van der Waals surface area contributed by atoms with E-state index in [-0.39, 0.29) is 16.6 Å². The highest BCUT2D eigenvalue weighted by molar-refractivity contribution is 6.31. The maximum absolute atomic E-state index is 14.1. The molecule has 6 rings (SSSR count). The van der Waals surface area contributed by atoms with Crippen molar-refractivity contribution in [2.24, 2.45) is 5.92 Å². The van der Waals surface area contributed by atoms with Gasteiger partial charge in [-0.15, -0.1) is 5.10 Å². The van der Waals surface area contributed by atoms with Gasteiger partial charge in [0, 0.05) is 36.2 Å². The first kappa shape index (κ1) is 28.8. The summed E-state index contributed by atoms with van der Waals surface area (Å²) in [5, 5.41) is 8.61. The lowest BCUT2D eigenvalue weighted by Gasteiger charge is -2.34. The third-order valence-corrected chi connectivity index (χ3v) is 8.38. The molecule has 0 N–H and O–H groups in total. The predicted octanol–water partition coefficient (Wildman–Crippen LogP) is 6.06. The van der Waals surface area contributed by atoms with Crippen LogP contribution in [0.1, 0.15) is 30.0 Å². The summed E-state index contributed by atoms with van der Waals surface area (Å²) in [6.45, 7) is 1.32. The van der Waals surface area contributed by atoms with Crippen LogP contribution in [0.5, 0.6) is 0 Å². The molecule has 3 aromatic carbocycles. The van der Waals surface area contributed by atoms with Crippen LogP contribution in [0.15, 0.2) is 102 Å². The lowest BCUT2D eigenvalue weighted by atomic mass is 9.90. The Labute approximate surface area is 259 Å². The molecule has 1 saturated heterocycles. The number of carbonyl (C=O) groups excluding carboxylic acids is 1. The lowest BCUT2D eigenvalue weighted by molar-refractivity contribution is -0.136. The summed E-state index contributed by atoms with van der Waals surface area (Å²) < 4.78 is 2.95.